The lowest BCUT2D eigenvalue weighted by atomic mass is 10.0. The second-order valence-electron chi connectivity index (χ2n) is 3.63. The summed E-state index contributed by atoms with van der Waals surface area (Å²) in [6.45, 7) is 2.03. The third-order valence-electron chi connectivity index (χ3n) is 2.53. The van der Waals surface area contributed by atoms with Crippen molar-refractivity contribution in [2.24, 2.45) is 0 Å². The summed E-state index contributed by atoms with van der Waals surface area (Å²) in [5.74, 6) is 0.158. The van der Waals surface area contributed by atoms with Crippen molar-refractivity contribution >= 4 is 5.78 Å². The Bertz CT molecular complexity index is 457. The Hall–Kier alpha value is -1.83. The first kappa shape index (κ1) is 9.71. The van der Waals surface area contributed by atoms with Crippen LogP contribution in [0.5, 0.6) is 0 Å². The summed E-state index contributed by atoms with van der Waals surface area (Å²) < 4.78 is 0. The molecule has 2 aromatic rings. The molecule has 15 heavy (non-hydrogen) atoms. The number of carbonyl (C=O) groups excluding carboxylic acids is 1. The van der Waals surface area contributed by atoms with Crippen LogP contribution >= 0.6 is 0 Å². The number of aryl methyl sites for hydroxylation is 1. The number of nitrogens with one attached hydrogen (secondary N) is 1. The fourth-order valence-corrected chi connectivity index (χ4v) is 1.58. The van der Waals surface area contributed by atoms with Crippen LogP contribution in [0.15, 0.2) is 42.7 Å². The van der Waals surface area contributed by atoms with Crippen LogP contribution in [0.4, 0.5) is 0 Å². The van der Waals surface area contributed by atoms with E-state index in [1.54, 1.807) is 18.5 Å². The van der Waals surface area contributed by atoms with Gasteiger partial charge in [-0.25, -0.2) is 0 Å². The molecule has 1 N–H and O–H groups in total. The van der Waals surface area contributed by atoms with Gasteiger partial charge in [0.2, 0.25) is 0 Å². The van der Waals surface area contributed by atoms with Crippen molar-refractivity contribution in [3.05, 3.63) is 59.4 Å². The van der Waals surface area contributed by atoms with Crippen LogP contribution in [0, 0.1) is 6.92 Å². The molecule has 0 aliphatic heterocycles. The van der Waals surface area contributed by atoms with Crippen molar-refractivity contribution in [1.82, 2.24) is 4.98 Å². The molecule has 0 bridgehead atoms. The van der Waals surface area contributed by atoms with Crippen LogP contribution in [-0.2, 0) is 6.42 Å². The van der Waals surface area contributed by atoms with Gasteiger partial charge in [0.1, 0.15) is 0 Å². The van der Waals surface area contributed by atoms with Gasteiger partial charge in [0.25, 0.3) is 0 Å². The highest BCUT2D eigenvalue weighted by Crippen LogP contribution is 2.11. The van der Waals surface area contributed by atoms with Gasteiger partial charge in [-0.15, -0.1) is 0 Å². The van der Waals surface area contributed by atoms with Gasteiger partial charge in [-0.3, -0.25) is 4.79 Å². The van der Waals surface area contributed by atoms with Gasteiger partial charge in [0, 0.05) is 24.4 Å². The first-order chi connectivity index (χ1) is 7.27. The summed E-state index contributed by atoms with van der Waals surface area (Å²) in [5, 5.41) is 0. The lowest BCUT2D eigenvalue weighted by Crippen LogP contribution is -2.03. The lowest BCUT2D eigenvalue weighted by Gasteiger charge is -2.03. The Morgan fingerprint density at radius 3 is 2.73 bits per heavy atom. The van der Waals surface area contributed by atoms with E-state index in [-0.39, 0.29) is 5.78 Å². The molecule has 0 amide bonds. The topological polar surface area (TPSA) is 32.9 Å². The molecule has 0 radical (unpaired) electrons. The van der Waals surface area contributed by atoms with Gasteiger partial charge in [-0.05, 0) is 24.1 Å². The number of hydrogen-bond donors (Lipinski definition) is 1. The predicted molar refractivity (Wildman–Crippen MR) is 60.0 cm³/mol. The molecule has 2 nitrogen and oxygen atoms in total. The van der Waals surface area contributed by atoms with E-state index < -0.39 is 0 Å². The van der Waals surface area contributed by atoms with Gasteiger partial charge < -0.3 is 4.98 Å². The van der Waals surface area contributed by atoms with Crippen molar-refractivity contribution in [1.29, 1.82) is 0 Å². The third-order valence-corrected chi connectivity index (χ3v) is 2.53. The van der Waals surface area contributed by atoms with Crippen LogP contribution in [0.25, 0.3) is 0 Å². The van der Waals surface area contributed by atoms with Crippen LogP contribution in [0.2, 0.25) is 0 Å². The van der Waals surface area contributed by atoms with E-state index in [1.807, 2.05) is 31.2 Å². The van der Waals surface area contributed by atoms with Gasteiger partial charge in [-0.1, -0.05) is 24.3 Å². The maximum Gasteiger partial charge on any atom is 0.168 e. The molecule has 0 aliphatic carbocycles. The number of rotatable bonds is 3. The fourth-order valence-electron chi connectivity index (χ4n) is 1.58. The summed E-state index contributed by atoms with van der Waals surface area (Å²) >= 11 is 0. The minimum absolute atomic E-state index is 0.158. The second kappa shape index (κ2) is 4.13. The van der Waals surface area contributed by atoms with Crippen molar-refractivity contribution in [2.45, 2.75) is 13.3 Å². The Labute approximate surface area is 89.0 Å². The largest absolute Gasteiger partial charge is 0.367 e. The molecule has 0 atom stereocenters. The van der Waals surface area contributed by atoms with Crippen molar-refractivity contribution in [2.75, 3.05) is 0 Å². The Balaban J connectivity index is 2.17. The number of ketones is 1. The normalized spacial score (nSPS) is 10.2. The van der Waals surface area contributed by atoms with Crippen LogP contribution in [-0.4, -0.2) is 10.8 Å². The zero-order chi connectivity index (χ0) is 10.7. The Morgan fingerprint density at radius 1 is 1.27 bits per heavy atom. The molecule has 1 aromatic heterocycles. The summed E-state index contributed by atoms with van der Waals surface area (Å²) in [4.78, 5) is 14.7. The highest BCUT2D eigenvalue weighted by Gasteiger charge is 2.08. The second-order valence-corrected chi connectivity index (χ2v) is 3.63. The number of aromatic nitrogens is 1. The highest BCUT2D eigenvalue weighted by molar-refractivity contribution is 5.97. The quantitative estimate of drug-likeness (QED) is 0.757. The molecule has 0 saturated heterocycles. The molecule has 0 unspecified atom stereocenters. The SMILES string of the molecule is Cc1ccccc1CC(=O)c1cc[nH]c1. The van der Waals surface area contributed by atoms with E-state index in [4.69, 9.17) is 0 Å². The van der Waals surface area contributed by atoms with E-state index in [2.05, 4.69) is 4.98 Å². The summed E-state index contributed by atoms with van der Waals surface area (Å²) in [7, 11) is 0. The smallest absolute Gasteiger partial charge is 0.168 e. The summed E-state index contributed by atoms with van der Waals surface area (Å²) in [5.41, 5.74) is 3.02. The molecule has 0 fully saturated rings. The van der Waals surface area contributed by atoms with Crippen LogP contribution in [0.3, 0.4) is 0 Å². The Morgan fingerprint density at radius 2 is 2.07 bits per heavy atom. The van der Waals surface area contributed by atoms with Crippen molar-refractivity contribution < 1.29 is 4.79 Å². The molecule has 1 heterocycles. The number of Topliss-reactive ketones (excluding diaryl/α,β-unsaturated/α-hetero) is 1. The maximum absolute atomic E-state index is 11.8. The molecular formula is C13H13NO. The van der Waals surface area contributed by atoms with E-state index >= 15 is 0 Å². The Kier molecular flexibility index (Phi) is 2.68. The monoisotopic (exact) mass is 199 g/mol. The number of H-pyrrole nitrogens is 1. The number of hydrogen-bond acceptors (Lipinski definition) is 1. The standard InChI is InChI=1S/C13H13NO/c1-10-4-2-3-5-11(10)8-13(15)12-6-7-14-9-12/h2-7,9,14H,8H2,1H3. The molecule has 76 valence electrons. The first-order valence-corrected chi connectivity index (χ1v) is 4.98. The minimum Gasteiger partial charge on any atom is -0.367 e. The molecular weight excluding hydrogens is 186 g/mol. The molecule has 0 saturated carbocycles. The van der Waals surface area contributed by atoms with Gasteiger partial charge in [0.15, 0.2) is 5.78 Å². The number of carbonyl (C=O) groups is 1. The van der Waals surface area contributed by atoms with E-state index in [1.165, 1.54) is 5.56 Å². The van der Waals surface area contributed by atoms with Crippen LogP contribution < -0.4 is 0 Å². The molecule has 2 heteroatoms. The van der Waals surface area contributed by atoms with Gasteiger partial charge in [-0.2, -0.15) is 0 Å². The third kappa shape index (κ3) is 2.15. The number of benzene rings is 1. The average Bonchev–Trinajstić information content (AvgIpc) is 2.74. The van der Waals surface area contributed by atoms with Gasteiger partial charge >= 0.3 is 0 Å². The first-order valence-electron chi connectivity index (χ1n) is 4.98. The van der Waals surface area contributed by atoms with E-state index in [0.29, 0.717) is 6.42 Å². The zero-order valence-electron chi connectivity index (χ0n) is 8.66. The van der Waals surface area contributed by atoms with E-state index in [9.17, 15) is 4.79 Å². The van der Waals surface area contributed by atoms with Crippen molar-refractivity contribution in [3.8, 4) is 0 Å². The average molecular weight is 199 g/mol. The minimum atomic E-state index is 0.158. The highest BCUT2D eigenvalue weighted by atomic mass is 16.1. The zero-order valence-corrected chi connectivity index (χ0v) is 8.66. The summed E-state index contributed by atoms with van der Waals surface area (Å²) in [6, 6.07) is 9.78. The predicted octanol–water partition coefficient (Wildman–Crippen LogP) is 2.75. The number of aromatic amines is 1. The molecule has 0 aliphatic rings. The van der Waals surface area contributed by atoms with E-state index in [0.717, 1.165) is 11.1 Å². The molecule has 1 aromatic carbocycles. The molecule has 2 rings (SSSR count). The summed E-state index contributed by atoms with van der Waals surface area (Å²) in [6.07, 6.45) is 3.98. The fraction of sp³-hybridized carbons (Fsp3) is 0.154. The maximum atomic E-state index is 11.8. The van der Waals surface area contributed by atoms with Crippen LogP contribution in [0.1, 0.15) is 21.5 Å². The lowest BCUT2D eigenvalue weighted by molar-refractivity contribution is 0.0993. The van der Waals surface area contributed by atoms with Gasteiger partial charge in [0.05, 0.1) is 0 Å². The van der Waals surface area contributed by atoms with Crippen molar-refractivity contribution in [3.63, 3.8) is 0 Å². The molecule has 0 spiro atoms.